The van der Waals surface area contributed by atoms with Crippen LogP contribution in [0.1, 0.15) is 6.42 Å². The first-order valence-electron chi connectivity index (χ1n) is 5.29. The second-order valence-electron chi connectivity index (χ2n) is 4.02. The SMILES string of the molecule is CN1CN(C)/C(=N\[N+](=O)[O-])N(CCC=C(F)F)C1. The Hall–Kier alpha value is -1.77. The van der Waals surface area contributed by atoms with Crippen molar-refractivity contribution in [3.05, 3.63) is 22.3 Å². The van der Waals surface area contributed by atoms with Crippen molar-refractivity contribution in [3.63, 3.8) is 0 Å². The molecule has 18 heavy (non-hydrogen) atoms. The summed E-state index contributed by atoms with van der Waals surface area (Å²) < 4.78 is 23.9. The molecule has 7 nitrogen and oxygen atoms in total. The molecule has 1 aliphatic heterocycles. The summed E-state index contributed by atoms with van der Waals surface area (Å²) in [5.41, 5.74) is 0. The van der Waals surface area contributed by atoms with Gasteiger partial charge in [-0.05, 0) is 19.5 Å². The number of hydrazone groups is 1. The highest BCUT2D eigenvalue weighted by atomic mass is 19.3. The summed E-state index contributed by atoms with van der Waals surface area (Å²) >= 11 is 0. The predicted octanol–water partition coefficient (Wildman–Crippen LogP) is 0.799. The lowest BCUT2D eigenvalue weighted by Gasteiger charge is -2.40. The number of hydrogen-bond donors (Lipinski definition) is 0. The lowest BCUT2D eigenvalue weighted by atomic mass is 10.3. The van der Waals surface area contributed by atoms with Gasteiger partial charge in [0.1, 0.15) is 5.10 Å². The van der Waals surface area contributed by atoms with Crippen LogP contribution < -0.4 is 0 Å². The van der Waals surface area contributed by atoms with E-state index >= 15 is 0 Å². The molecule has 102 valence electrons. The maximum absolute atomic E-state index is 11.9. The minimum atomic E-state index is -1.75. The number of halogens is 2. The molecule has 1 aliphatic rings. The number of nitrogens with zero attached hydrogens (tertiary/aromatic N) is 5. The second-order valence-corrected chi connectivity index (χ2v) is 4.02. The monoisotopic (exact) mass is 263 g/mol. The fraction of sp³-hybridized carbons (Fsp3) is 0.667. The molecule has 0 aromatic heterocycles. The zero-order chi connectivity index (χ0) is 13.7. The Kier molecular flexibility index (Phi) is 4.95. The van der Waals surface area contributed by atoms with Gasteiger partial charge < -0.3 is 9.80 Å². The van der Waals surface area contributed by atoms with E-state index in [-0.39, 0.29) is 18.9 Å². The first-order valence-corrected chi connectivity index (χ1v) is 5.29. The van der Waals surface area contributed by atoms with Crippen molar-refractivity contribution in [1.82, 2.24) is 14.7 Å². The molecule has 0 aromatic rings. The lowest BCUT2D eigenvalue weighted by Crippen LogP contribution is -2.56. The van der Waals surface area contributed by atoms with Gasteiger partial charge in [0.25, 0.3) is 12.0 Å². The van der Waals surface area contributed by atoms with E-state index in [1.54, 1.807) is 16.8 Å². The first kappa shape index (κ1) is 14.3. The van der Waals surface area contributed by atoms with Gasteiger partial charge >= 0.3 is 0 Å². The van der Waals surface area contributed by atoms with Gasteiger partial charge in [-0.15, -0.1) is 0 Å². The molecule has 0 amide bonds. The molecule has 0 atom stereocenters. The summed E-state index contributed by atoms with van der Waals surface area (Å²) in [4.78, 5) is 15.5. The zero-order valence-corrected chi connectivity index (χ0v) is 10.2. The van der Waals surface area contributed by atoms with Gasteiger partial charge in [-0.3, -0.25) is 4.90 Å². The molecular formula is C9H15F2N5O2. The van der Waals surface area contributed by atoms with Crippen LogP contribution in [-0.4, -0.2) is 59.7 Å². The summed E-state index contributed by atoms with van der Waals surface area (Å²) in [6.07, 6.45) is -0.847. The molecule has 0 radical (unpaired) electrons. The highest BCUT2D eigenvalue weighted by Crippen LogP contribution is 2.09. The third-order valence-corrected chi connectivity index (χ3v) is 2.36. The van der Waals surface area contributed by atoms with Crippen LogP contribution >= 0.6 is 0 Å². The van der Waals surface area contributed by atoms with Gasteiger partial charge in [-0.1, -0.05) is 0 Å². The van der Waals surface area contributed by atoms with E-state index in [1.165, 1.54) is 0 Å². The molecule has 0 N–H and O–H groups in total. The van der Waals surface area contributed by atoms with Gasteiger partial charge in [0.2, 0.25) is 0 Å². The highest BCUT2D eigenvalue weighted by molar-refractivity contribution is 5.79. The van der Waals surface area contributed by atoms with Crippen molar-refractivity contribution in [2.75, 3.05) is 34.0 Å². The van der Waals surface area contributed by atoms with Crippen molar-refractivity contribution in [3.8, 4) is 0 Å². The molecule has 1 saturated heterocycles. The van der Waals surface area contributed by atoms with Crippen LogP contribution in [0, 0.1) is 10.1 Å². The normalized spacial score (nSPS) is 19.2. The molecular weight excluding hydrogens is 248 g/mol. The van der Waals surface area contributed by atoms with Gasteiger partial charge in [0, 0.05) is 13.6 Å². The van der Waals surface area contributed by atoms with Crippen LogP contribution in [0.4, 0.5) is 8.78 Å². The third-order valence-electron chi connectivity index (χ3n) is 2.36. The van der Waals surface area contributed by atoms with Crippen LogP contribution in [0.15, 0.2) is 17.3 Å². The molecule has 0 aromatic carbocycles. The minimum absolute atomic E-state index is 0.112. The maximum atomic E-state index is 11.9. The molecule has 0 saturated carbocycles. The summed E-state index contributed by atoms with van der Waals surface area (Å²) in [5, 5.41) is 12.9. The number of hydrogen-bond acceptors (Lipinski definition) is 3. The Bertz CT molecular complexity index is 370. The van der Waals surface area contributed by atoms with Gasteiger partial charge in [-0.25, -0.2) is 10.1 Å². The lowest BCUT2D eigenvalue weighted by molar-refractivity contribution is -0.486. The van der Waals surface area contributed by atoms with E-state index in [2.05, 4.69) is 5.10 Å². The summed E-state index contributed by atoms with van der Waals surface area (Å²) in [6, 6.07) is 0. The minimum Gasteiger partial charge on any atom is -0.328 e. The largest absolute Gasteiger partial charge is 0.328 e. The number of nitro groups is 1. The number of rotatable bonds is 4. The fourth-order valence-electron chi connectivity index (χ4n) is 1.78. The van der Waals surface area contributed by atoms with Gasteiger partial charge in [0.05, 0.1) is 13.3 Å². The quantitative estimate of drug-likeness (QED) is 0.554. The van der Waals surface area contributed by atoms with Crippen LogP contribution in [0.3, 0.4) is 0 Å². The summed E-state index contributed by atoms with van der Waals surface area (Å²) in [5.74, 6) is 0.186. The molecule has 1 fully saturated rings. The van der Waals surface area contributed by atoms with E-state index in [0.717, 1.165) is 6.08 Å². The standard InChI is InChI=1S/C9H15F2N5O2/c1-13-6-14(2)9(12-16(17)18)15(7-13)5-3-4-8(10)11/h4H,3,5-7H2,1-2H3/b12-9+. The topological polar surface area (TPSA) is 65.2 Å². The predicted molar refractivity (Wildman–Crippen MR) is 61.3 cm³/mol. The zero-order valence-electron chi connectivity index (χ0n) is 10.2. The highest BCUT2D eigenvalue weighted by Gasteiger charge is 2.26. The fourth-order valence-corrected chi connectivity index (χ4v) is 1.78. The Morgan fingerprint density at radius 3 is 2.72 bits per heavy atom. The Morgan fingerprint density at radius 2 is 2.17 bits per heavy atom. The molecule has 0 aliphatic carbocycles. The number of guanidine groups is 1. The van der Waals surface area contributed by atoms with E-state index in [9.17, 15) is 18.9 Å². The van der Waals surface area contributed by atoms with E-state index in [1.807, 2.05) is 11.9 Å². The molecule has 9 heteroatoms. The molecule has 1 heterocycles. The molecule has 0 spiro atoms. The Balaban J connectivity index is 2.75. The van der Waals surface area contributed by atoms with Crippen LogP contribution in [0.2, 0.25) is 0 Å². The Labute approximate surface area is 103 Å². The first-order chi connectivity index (χ1) is 8.40. The van der Waals surface area contributed by atoms with E-state index < -0.39 is 11.1 Å². The van der Waals surface area contributed by atoms with Crippen LogP contribution in [0.25, 0.3) is 0 Å². The van der Waals surface area contributed by atoms with Crippen molar-refractivity contribution in [2.24, 2.45) is 5.10 Å². The van der Waals surface area contributed by atoms with Crippen molar-refractivity contribution in [2.45, 2.75) is 6.42 Å². The van der Waals surface area contributed by atoms with Gasteiger partial charge in [0.15, 0.2) is 5.03 Å². The van der Waals surface area contributed by atoms with Crippen molar-refractivity contribution >= 4 is 5.96 Å². The van der Waals surface area contributed by atoms with Crippen molar-refractivity contribution in [1.29, 1.82) is 0 Å². The average molecular weight is 263 g/mol. The molecule has 0 bridgehead atoms. The van der Waals surface area contributed by atoms with Crippen LogP contribution in [0.5, 0.6) is 0 Å². The molecule has 0 unspecified atom stereocenters. The maximum Gasteiger partial charge on any atom is 0.275 e. The van der Waals surface area contributed by atoms with Crippen LogP contribution in [-0.2, 0) is 0 Å². The average Bonchev–Trinajstić information content (AvgIpc) is 2.22. The second kappa shape index (κ2) is 6.24. The summed E-state index contributed by atoms with van der Waals surface area (Å²) in [7, 11) is 3.49. The van der Waals surface area contributed by atoms with E-state index in [0.29, 0.717) is 13.3 Å². The molecule has 1 rings (SSSR count). The van der Waals surface area contributed by atoms with Gasteiger partial charge in [-0.2, -0.15) is 8.78 Å². The Morgan fingerprint density at radius 1 is 1.50 bits per heavy atom. The smallest absolute Gasteiger partial charge is 0.275 e. The third kappa shape index (κ3) is 4.24. The van der Waals surface area contributed by atoms with E-state index in [4.69, 9.17) is 0 Å². The van der Waals surface area contributed by atoms with Crippen molar-refractivity contribution < 1.29 is 13.8 Å². The summed E-state index contributed by atoms with van der Waals surface area (Å²) in [6.45, 7) is 1.16.